The summed E-state index contributed by atoms with van der Waals surface area (Å²) in [6.45, 7) is 4.63. The van der Waals surface area contributed by atoms with Gasteiger partial charge in [-0.1, -0.05) is 52.3 Å². The normalized spacial score (nSPS) is 12.2. The van der Waals surface area contributed by atoms with E-state index < -0.39 is 34.3 Å². The smallest absolute Gasteiger partial charge is 0.264 e. The van der Waals surface area contributed by atoms with Gasteiger partial charge < -0.3 is 10.2 Å². The predicted octanol–water partition coefficient (Wildman–Crippen LogP) is 4.73. The number of hydrogen-bond donors (Lipinski definition) is 1. The van der Waals surface area contributed by atoms with E-state index in [1.54, 1.807) is 63.2 Å². The lowest BCUT2D eigenvalue weighted by atomic mass is 10.1. The van der Waals surface area contributed by atoms with E-state index in [0.717, 1.165) is 4.31 Å². The first-order valence-corrected chi connectivity index (χ1v) is 13.9. The van der Waals surface area contributed by atoms with E-state index in [-0.39, 0.29) is 29.1 Å². The Morgan fingerprint density at radius 2 is 1.59 bits per heavy atom. The van der Waals surface area contributed by atoms with Crippen molar-refractivity contribution in [3.8, 4) is 0 Å². The van der Waals surface area contributed by atoms with Gasteiger partial charge in [0.05, 0.1) is 10.6 Å². The number of amides is 2. The highest BCUT2D eigenvalue weighted by Gasteiger charge is 2.32. The van der Waals surface area contributed by atoms with Crippen LogP contribution in [0.1, 0.15) is 26.3 Å². The zero-order valence-electron chi connectivity index (χ0n) is 20.8. The molecule has 0 unspecified atom stereocenters. The van der Waals surface area contributed by atoms with E-state index in [4.69, 9.17) is 0 Å². The molecule has 0 aromatic heterocycles. The van der Waals surface area contributed by atoms with E-state index in [9.17, 15) is 22.4 Å². The highest BCUT2D eigenvalue weighted by molar-refractivity contribution is 9.10. The van der Waals surface area contributed by atoms with Gasteiger partial charge in [0, 0.05) is 17.1 Å². The van der Waals surface area contributed by atoms with Crippen molar-refractivity contribution in [2.24, 2.45) is 0 Å². The monoisotopic (exact) mass is 589 g/mol. The van der Waals surface area contributed by atoms with Gasteiger partial charge in [0.15, 0.2) is 0 Å². The molecule has 0 spiro atoms. The molecule has 3 aromatic carbocycles. The Morgan fingerprint density at radius 3 is 2.19 bits per heavy atom. The van der Waals surface area contributed by atoms with Crippen LogP contribution in [0.4, 0.5) is 10.1 Å². The quantitative estimate of drug-likeness (QED) is 0.370. The highest BCUT2D eigenvalue weighted by atomic mass is 79.9. The minimum Gasteiger partial charge on any atom is -0.352 e. The SMILES string of the molecule is CC(C)NC(=O)[C@H](C)N(Cc1ccc(F)cc1)C(=O)CN(c1cccc(Br)c1)S(=O)(=O)c1ccccc1. The molecule has 0 bridgehead atoms. The molecule has 0 fully saturated rings. The van der Waals surface area contributed by atoms with Crippen molar-refractivity contribution in [2.45, 2.75) is 44.3 Å². The molecule has 196 valence electrons. The minimum atomic E-state index is -4.13. The molecule has 3 rings (SSSR count). The zero-order valence-corrected chi connectivity index (χ0v) is 23.2. The third-order valence-corrected chi connectivity index (χ3v) is 7.85. The second-order valence-corrected chi connectivity index (χ2v) is 11.6. The molecular formula is C27H29BrFN3O4S. The van der Waals surface area contributed by atoms with Crippen LogP contribution in [0.2, 0.25) is 0 Å². The van der Waals surface area contributed by atoms with Gasteiger partial charge in [-0.05, 0) is 68.8 Å². The number of benzene rings is 3. The lowest BCUT2D eigenvalue weighted by molar-refractivity contribution is -0.139. The molecule has 7 nitrogen and oxygen atoms in total. The van der Waals surface area contributed by atoms with Crippen molar-refractivity contribution < 1.29 is 22.4 Å². The number of hydrogen-bond acceptors (Lipinski definition) is 4. The average Bonchev–Trinajstić information content (AvgIpc) is 2.86. The fourth-order valence-electron chi connectivity index (χ4n) is 3.65. The zero-order chi connectivity index (χ0) is 27.2. The summed E-state index contributed by atoms with van der Waals surface area (Å²) in [5.41, 5.74) is 0.881. The minimum absolute atomic E-state index is 0.0104. The van der Waals surface area contributed by atoms with E-state index in [2.05, 4.69) is 21.2 Å². The van der Waals surface area contributed by atoms with Crippen molar-refractivity contribution in [2.75, 3.05) is 10.8 Å². The maximum Gasteiger partial charge on any atom is 0.264 e. The van der Waals surface area contributed by atoms with Gasteiger partial charge in [-0.3, -0.25) is 13.9 Å². The first-order valence-electron chi connectivity index (χ1n) is 11.7. The maximum atomic E-state index is 13.7. The second-order valence-electron chi connectivity index (χ2n) is 8.79. The molecule has 1 atom stereocenters. The highest BCUT2D eigenvalue weighted by Crippen LogP contribution is 2.27. The van der Waals surface area contributed by atoms with Gasteiger partial charge in [0.1, 0.15) is 18.4 Å². The molecule has 0 saturated heterocycles. The Hall–Kier alpha value is -3.24. The van der Waals surface area contributed by atoms with Crippen molar-refractivity contribution in [1.29, 1.82) is 0 Å². The van der Waals surface area contributed by atoms with Crippen LogP contribution in [0, 0.1) is 5.82 Å². The number of sulfonamides is 1. The van der Waals surface area contributed by atoms with Crippen molar-refractivity contribution in [3.05, 3.63) is 94.7 Å². The van der Waals surface area contributed by atoms with Gasteiger partial charge in [0.25, 0.3) is 10.0 Å². The number of rotatable bonds is 10. The summed E-state index contributed by atoms with van der Waals surface area (Å²) in [7, 11) is -4.13. The molecular weight excluding hydrogens is 561 g/mol. The van der Waals surface area contributed by atoms with Gasteiger partial charge in [-0.2, -0.15) is 0 Å². The lowest BCUT2D eigenvalue weighted by Gasteiger charge is -2.32. The van der Waals surface area contributed by atoms with Gasteiger partial charge in [-0.25, -0.2) is 12.8 Å². The molecule has 0 saturated carbocycles. The summed E-state index contributed by atoms with van der Waals surface area (Å²) < 4.78 is 42.5. The third kappa shape index (κ3) is 7.39. The maximum absolute atomic E-state index is 13.7. The first kappa shape index (κ1) is 28.3. The summed E-state index contributed by atoms with van der Waals surface area (Å²) in [4.78, 5) is 27.9. The topological polar surface area (TPSA) is 86.8 Å². The molecule has 3 aromatic rings. The van der Waals surface area contributed by atoms with Crippen molar-refractivity contribution in [1.82, 2.24) is 10.2 Å². The second kappa shape index (κ2) is 12.3. The molecule has 0 radical (unpaired) electrons. The number of carbonyl (C=O) groups is 2. The summed E-state index contributed by atoms with van der Waals surface area (Å²) in [6, 6.07) is 19.0. The average molecular weight is 591 g/mol. The molecule has 1 N–H and O–H groups in total. The number of nitrogens with zero attached hydrogens (tertiary/aromatic N) is 2. The van der Waals surface area contributed by atoms with Crippen molar-refractivity contribution in [3.63, 3.8) is 0 Å². The summed E-state index contributed by atoms with van der Waals surface area (Å²) in [5, 5.41) is 2.79. The summed E-state index contributed by atoms with van der Waals surface area (Å²) in [6.07, 6.45) is 0. The van der Waals surface area contributed by atoms with E-state index >= 15 is 0 Å². The largest absolute Gasteiger partial charge is 0.352 e. The Balaban J connectivity index is 2.01. The van der Waals surface area contributed by atoms with Crippen molar-refractivity contribution >= 4 is 43.5 Å². The molecule has 0 aliphatic rings. The molecule has 0 aliphatic carbocycles. The number of nitrogens with one attached hydrogen (secondary N) is 1. The van der Waals surface area contributed by atoms with Gasteiger partial charge >= 0.3 is 0 Å². The molecule has 0 aliphatic heterocycles. The van der Waals surface area contributed by atoms with Crippen LogP contribution < -0.4 is 9.62 Å². The standard InChI is InChI=1S/C27H29BrFN3O4S/c1-19(2)30-27(34)20(3)31(17-21-12-14-23(29)15-13-21)26(33)18-32(24-9-7-8-22(28)16-24)37(35,36)25-10-5-4-6-11-25/h4-16,19-20H,17-18H2,1-3H3,(H,30,34)/t20-/m0/s1. The van der Waals surface area contributed by atoms with Crippen LogP contribution in [-0.2, 0) is 26.2 Å². The Labute approximate surface area is 225 Å². The van der Waals surface area contributed by atoms with E-state index in [0.29, 0.717) is 10.0 Å². The van der Waals surface area contributed by atoms with Gasteiger partial charge in [-0.15, -0.1) is 0 Å². The summed E-state index contributed by atoms with van der Waals surface area (Å²) in [5.74, 6) is -1.40. The molecule has 37 heavy (non-hydrogen) atoms. The van der Waals surface area contributed by atoms with Gasteiger partial charge in [0.2, 0.25) is 11.8 Å². The Bertz CT molecular complexity index is 1340. The summed E-state index contributed by atoms with van der Waals surface area (Å²) >= 11 is 3.36. The third-order valence-electron chi connectivity index (χ3n) is 5.57. The number of carbonyl (C=O) groups excluding carboxylic acids is 2. The first-order chi connectivity index (χ1) is 17.5. The molecule has 0 heterocycles. The van der Waals surface area contributed by atoms with Crippen LogP contribution in [0.15, 0.2) is 88.2 Å². The van der Waals surface area contributed by atoms with E-state index in [1.165, 1.54) is 41.3 Å². The van der Waals surface area contributed by atoms with Crippen LogP contribution in [0.5, 0.6) is 0 Å². The van der Waals surface area contributed by atoms with Crippen LogP contribution >= 0.6 is 15.9 Å². The molecule has 10 heteroatoms. The molecule has 2 amide bonds. The fraction of sp³-hybridized carbons (Fsp3) is 0.259. The van der Waals surface area contributed by atoms with E-state index in [1.807, 2.05) is 0 Å². The van der Waals surface area contributed by atoms with Crippen LogP contribution in [0.25, 0.3) is 0 Å². The Kier molecular flexibility index (Phi) is 9.45. The fourth-order valence-corrected chi connectivity index (χ4v) is 5.47. The van der Waals surface area contributed by atoms with Crippen LogP contribution in [0.3, 0.4) is 0 Å². The Morgan fingerprint density at radius 1 is 0.946 bits per heavy atom. The lowest BCUT2D eigenvalue weighted by Crippen LogP contribution is -2.52. The number of halogens is 2. The van der Waals surface area contributed by atoms with Crippen LogP contribution in [-0.4, -0.2) is 43.8 Å². The predicted molar refractivity (Wildman–Crippen MR) is 145 cm³/mol. The number of anilines is 1.